The smallest absolute Gasteiger partial charge is 0.313 e. The topological polar surface area (TPSA) is 56.3 Å². The zero-order valence-electron chi connectivity index (χ0n) is 12.1. The van der Waals surface area contributed by atoms with Gasteiger partial charge in [0.2, 0.25) is 0 Å². The summed E-state index contributed by atoms with van der Waals surface area (Å²) in [5, 5.41) is 0. The molecule has 0 fully saturated rings. The lowest BCUT2D eigenvalue weighted by Gasteiger charge is -2.11. The molecule has 0 radical (unpaired) electrons. The molecule has 0 aliphatic heterocycles. The molecule has 1 heterocycles. The van der Waals surface area contributed by atoms with Gasteiger partial charge in [-0.1, -0.05) is 24.3 Å². The van der Waals surface area contributed by atoms with Crippen molar-refractivity contribution < 1.29 is 14.3 Å². The van der Waals surface area contributed by atoms with Gasteiger partial charge in [0, 0.05) is 23.5 Å². The number of ether oxygens (including phenoxy) is 1. The molecule has 0 saturated heterocycles. The summed E-state index contributed by atoms with van der Waals surface area (Å²) in [5.74, 6) is -0.685. The molecule has 0 saturated carbocycles. The maximum absolute atomic E-state index is 12.2. The first kappa shape index (κ1) is 14.9. The Balaban J connectivity index is 2.16. The molecular weight excluding hydrogens is 266 g/mol. The van der Waals surface area contributed by atoms with Crippen LogP contribution in [0.15, 0.2) is 48.8 Å². The predicted octanol–water partition coefficient (Wildman–Crippen LogP) is 2.98. The van der Waals surface area contributed by atoms with Gasteiger partial charge in [-0.15, -0.1) is 0 Å². The fourth-order valence-corrected chi connectivity index (χ4v) is 1.99. The van der Waals surface area contributed by atoms with E-state index in [4.69, 9.17) is 4.74 Å². The molecule has 1 aromatic heterocycles. The Hall–Kier alpha value is -2.49. The number of carbonyl (C=O) groups excluding carboxylic acids is 2. The van der Waals surface area contributed by atoms with Crippen molar-refractivity contribution in [2.24, 2.45) is 0 Å². The van der Waals surface area contributed by atoms with E-state index in [0.29, 0.717) is 17.7 Å². The van der Waals surface area contributed by atoms with Crippen molar-refractivity contribution in [3.63, 3.8) is 0 Å². The van der Waals surface area contributed by atoms with Crippen LogP contribution in [0.3, 0.4) is 0 Å². The second kappa shape index (κ2) is 6.79. The number of benzene rings is 1. The Morgan fingerprint density at radius 3 is 2.43 bits per heavy atom. The van der Waals surface area contributed by atoms with Crippen molar-refractivity contribution in [3.05, 3.63) is 65.5 Å². The second-order valence-corrected chi connectivity index (χ2v) is 4.67. The monoisotopic (exact) mass is 283 g/mol. The summed E-state index contributed by atoms with van der Waals surface area (Å²) in [6.45, 7) is 3.93. The van der Waals surface area contributed by atoms with Gasteiger partial charge in [-0.2, -0.15) is 0 Å². The van der Waals surface area contributed by atoms with Crippen molar-refractivity contribution >= 4 is 11.8 Å². The van der Waals surface area contributed by atoms with Crippen LogP contribution in [0.2, 0.25) is 0 Å². The third kappa shape index (κ3) is 3.54. The molecule has 0 spiro atoms. The number of esters is 1. The Labute approximate surface area is 123 Å². The number of pyridine rings is 1. The Morgan fingerprint density at radius 2 is 1.86 bits per heavy atom. The number of hydrogen-bond donors (Lipinski definition) is 0. The molecule has 2 rings (SSSR count). The van der Waals surface area contributed by atoms with Crippen LogP contribution in [-0.4, -0.2) is 23.3 Å². The van der Waals surface area contributed by atoms with Crippen molar-refractivity contribution in [1.29, 1.82) is 0 Å². The third-order valence-electron chi connectivity index (χ3n) is 3.24. The first-order valence-corrected chi connectivity index (χ1v) is 6.84. The van der Waals surface area contributed by atoms with Crippen LogP contribution in [0.25, 0.3) is 0 Å². The number of ketones is 1. The molecule has 0 N–H and O–H groups in total. The van der Waals surface area contributed by atoms with Crippen molar-refractivity contribution in [1.82, 2.24) is 4.98 Å². The van der Waals surface area contributed by atoms with Crippen LogP contribution in [0.4, 0.5) is 0 Å². The van der Waals surface area contributed by atoms with Crippen molar-refractivity contribution in [2.75, 3.05) is 6.61 Å². The third-order valence-corrected chi connectivity index (χ3v) is 3.24. The first-order valence-electron chi connectivity index (χ1n) is 6.84. The van der Waals surface area contributed by atoms with Gasteiger partial charge < -0.3 is 4.74 Å². The molecule has 21 heavy (non-hydrogen) atoms. The summed E-state index contributed by atoms with van der Waals surface area (Å²) in [7, 11) is 0. The van der Waals surface area contributed by atoms with Crippen LogP contribution < -0.4 is 0 Å². The van der Waals surface area contributed by atoms with E-state index in [1.54, 1.807) is 56.4 Å². The number of aromatic nitrogens is 1. The molecule has 2 aromatic rings. The van der Waals surface area contributed by atoms with Crippen LogP contribution in [-0.2, 0) is 9.53 Å². The second-order valence-electron chi connectivity index (χ2n) is 4.67. The fourth-order valence-electron chi connectivity index (χ4n) is 1.99. The molecule has 1 aromatic carbocycles. The van der Waals surface area contributed by atoms with Gasteiger partial charge in [-0.3, -0.25) is 14.6 Å². The maximum atomic E-state index is 12.2. The van der Waals surface area contributed by atoms with E-state index in [1.807, 2.05) is 0 Å². The van der Waals surface area contributed by atoms with Crippen LogP contribution >= 0.6 is 0 Å². The zero-order valence-corrected chi connectivity index (χ0v) is 12.1. The van der Waals surface area contributed by atoms with E-state index in [9.17, 15) is 9.59 Å². The summed E-state index contributed by atoms with van der Waals surface area (Å²) >= 11 is 0. The first-order chi connectivity index (χ1) is 10.1. The molecular formula is C17H17NO3. The Bertz CT molecular complexity index is 620. The predicted molar refractivity (Wildman–Crippen MR) is 79.2 cm³/mol. The Morgan fingerprint density at radius 1 is 1.14 bits per heavy atom. The van der Waals surface area contributed by atoms with Gasteiger partial charge in [-0.05, 0) is 31.5 Å². The van der Waals surface area contributed by atoms with Gasteiger partial charge in [0.15, 0.2) is 5.78 Å². The molecule has 1 unspecified atom stereocenters. The van der Waals surface area contributed by atoms with E-state index >= 15 is 0 Å². The van der Waals surface area contributed by atoms with Gasteiger partial charge >= 0.3 is 5.97 Å². The normalized spacial score (nSPS) is 11.7. The highest BCUT2D eigenvalue weighted by Crippen LogP contribution is 2.18. The minimum atomic E-state index is -0.340. The van der Waals surface area contributed by atoms with Crippen LogP contribution in [0, 0.1) is 0 Å². The van der Waals surface area contributed by atoms with Gasteiger partial charge in [0.05, 0.1) is 12.5 Å². The van der Waals surface area contributed by atoms with Crippen molar-refractivity contribution in [2.45, 2.75) is 19.8 Å². The fraction of sp³-hybridized carbons (Fsp3) is 0.235. The molecule has 1 atom stereocenters. The number of carbonyl (C=O) groups is 2. The molecule has 108 valence electrons. The van der Waals surface area contributed by atoms with Gasteiger partial charge in [0.25, 0.3) is 0 Å². The minimum absolute atomic E-state index is 0.0848. The summed E-state index contributed by atoms with van der Waals surface area (Å²) in [5.41, 5.74) is 1.95. The van der Waals surface area contributed by atoms with Gasteiger partial charge in [-0.25, -0.2) is 0 Å². The van der Waals surface area contributed by atoms with E-state index in [2.05, 4.69) is 4.98 Å². The average molecular weight is 283 g/mol. The molecule has 4 nitrogen and oxygen atoms in total. The van der Waals surface area contributed by atoms with E-state index in [0.717, 1.165) is 5.56 Å². The average Bonchev–Trinajstić information content (AvgIpc) is 2.54. The van der Waals surface area contributed by atoms with E-state index in [1.165, 1.54) is 6.20 Å². The Kier molecular flexibility index (Phi) is 4.82. The summed E-state index contributed by atoms with van der Waals surface area (Å²) < 4.78 is 4.99. The summed E-state index contributed by atoms with van der Waals surface area (Å²) in [4.78, 5) is 27.9. The summed E-state index contributed by atoms with van der Waals surface area (Å²) in [6, 6.07) is 10.5. The molecule has 0 aliphatic carbocycles. The SMILES string of the molecule is CCOC(=O)C(C)c1ccc(C(=O)c2cccnc2)cc1. The highest BCUT2D eigenvalue weighted by Gasteiger charge is 2.17. The lowest BCUT2D eigenvalue weighted by molar-refractivity contribution is -0.144. The number of rotatable bonds is 5. The molecule has 4 heteroatoms. The molecule has 0 bridgehead atoms. The molecule has 0 amide bonds. The summed E-state index contributed by atoms with van der Waals surface area (Å²) in [6.07, 6.45) is 3.17. The van der Waals surface area contributed by atoms with E-state index in [-0.39, 0.29) is 17.7 Å². The highest BCUT2D eigenvalue weighted by molar-refractivity contribution is 6.08. The standard InChI is InChI=1S/C17H17NO3/c1-3-21-17(20)12(2)13-6-8-14(9-7-13)16(19)15-5-4-10-18-11-15/h4-12H,3H2,1-2H3. The quantitative estimate of drug-likeness (QED) is 0.625. The minimum Gasteiger partial charge on any atom is -0.466 e. The van der Waals surface area contributed by atoms with Gasteiger partial charge in [0.1, 0.15) is 0 Å². The number of hydrogen-bond acceptors (Lipinski definition) is 4. The van der Waals surface area contributed by atoms with E-state index < -0.39 is 0 Å². The lowest BCUT2D eigenvalue weighted by atomic mass is 9.97. The largest absolute Gasteiger partial charge is 0.466 e. The highest BCUT2D eigenvalue weighted by atomic mass is 16.5. The van der Waals surface area contributed by atoms with Crippen LogP contribution in [0.5, 0.6) is 0 Å². The van der Waals surface area contributed by atoms with Crippen LogP contribution in [0.1, 0.15) is 41.3 Å². The molecule has 0 aliphatic rings. The lowest BCUT2D eigenvalue weighted by Crippen LogP contribution is -2.13. The number of nitrogens with zero attached hydrogens (tertiary/aromatic N) is 1. The van der Waals surface area contributed by atoms with Crippen molar-refractivity contribution in [3.8, 4) is 0 Å². The zero-order chi connectivity index (χ0) is 15.2. The maximum Gasteiger partial charge on any atom is 0.313 e.